The zero-order valence-corrected chi connectivity index (χ0v) is 19.4. The van der Waals surface area contributed by atoms with Gasteiger partial charge in [0, 0.05) is 43.8 Å². The molecule has 1 fully saturated rings. The van der Waals surface area contributed by atoms with Gasteiger partial charge in [0.15, 0.2) is 0 Å². The molecule has 1 aliphatic rings. The van der Waals surface area contributed by atoms with E-state index in [1.165, 1.54) is 41.0 Å². The summed E-state index contributed by atoms with van der Waals surface area (Å²) in [6.07, 6.45) is 2.53. The van der Waals surface area contributed by atoms with Gasteiger partial charge in [0.25, 0.3) is 5.91 Å². The zero-order chi connectivity index (χ0) is 23.1. The van der Waals surface area contributed by atoms with Gasteiger partial charge in [0.05, 0.1) is 6.61 Å². The number of ether oxygens (including phenoxy) is 1. The molecule has 6 heteroatoms. The minimum Gasteiger partial charge on any atom is -0.493 e. The van der Waals surface area contributed by atoms with Gasteiger partial charge in [0.2, 0.25) is 0 Å². The average molecular weight is 443 g/mol. The Morgan fingerprint density at radius 2 is 1.94 bits per heavy atom. The predicted octanol–water partition coefficient (Wildman–Crippen LogP) is 4.27. The maximum absolute atomic E-state index is 13.0. The molecule has 0 aliphatic carbocycles. The first kappa shape index (κ1) is 24.2. The highest BCUT2D eigenvalue weighted by Gasteiger charge is 2.32. The number of rotatable bonds is 11. The minimum absolute atomic E-state index is 0.158. The summed E-state index contributed by atoms with van der Waals surface area (Å²) >= 11 is 0. The van der Waals surface area contributed by atoms with Gasteiger partial charge in [-0.05, 0) is 80.1 Å². The molecule has 0 aromatic heterocycles. The fourth-order valence-electron chi connectivity index (χ4n) is 4.37. The van der Waals surface area contributed by atoms with Crippen molar-refractivity contribution in [3.63, 3.8) is 0 Å². The molecule has 5 nitrogen and oxygen atoms in total. The monoisotopic (exact) mass is 442 g/mol. The van der Waals surface area contributed by atoms with Crippen molar-refractivity contribution in [2.24, 2.45) is 5.92 Å². The van der Waals surface area contributed by atoms with Crippen molar-refractivity contribution in [2.75, 3.05) is 32.8 Å². The molecule has 1 aliphatic heterocycles. The van der Waals surface area contributed by atoms with Gasteiger partial charge in [-0.2, -0.15) is 0 Å². The second-order valence-corrected chi connectivity index (χ2v) is 8.60. The lowest BCUT2D eigenvalue weighted by Crippen LogP contribution is -2.52. The molecular formula is C26H35FN2O3. The molecule has 2 N–H and O–H groups in total. The van der Waals surface area contributed by atoms with Crippen molar-refractivity contribution < 1.29 is 19.0 Å². The summed E-state index contributed by atoms with van der Waals surface area (Å²) in [5, 5.41) is 11.9. The SMILES string of the molecule is CCc1c(OCCCCO)ccc(C(C)N2CC(CNC(=O)c3ccc(F)cc3)C2)c1C. The summed E-state index contributed by atoms with van der Waals surface area (Å²) in [7, 11) is 0. The van der Waals surface area contributed by atoms with Crippen LogP contribution in [0.4, 0.5) is 4.39 Å². The highest BCUT2D eigenvalue weighted by Crippen LogP contribution is 2.34. The number of carbonyl (C=O) groups excluding carboxylic acids is 1. The second-order valence-electron chi connectivity index (χ2n) is 8.60. The van der Waals surface area contributed by atoms with Crippen molar-refractivity contribution >= 4 is 5.91 Å². The van der Waals surface area contributed by atoms with E-state index in [4.69, 9.17) is 9.84 Å². The van der Waals surface area contributed by atoms with E-state index >= 15 is 0 Å². The van der Waals surface area contributed by atoms with Crippen LogP contribution in [0, 0.1) is 18.7 Å². The van der Waals surface area contributed by atoms with Gasteiger partial charge in [-0.1, -0.05) is 13.0 Å². The molecule has 2 aromatic carbocycles. The Labute approximate surface area is 190 Å². The number of nitrogens with zero attached hydrogens (tertiary/aromatic N) is 1. The predicted molar refractivity (Wildman–Crippen MR) is 125 cm³/mol. The third kappa shape index (κ3) is 5.87. The van der Waals surface area contributed by atoms with Crippen LogP contribution in [-0.4, -0.2) is 48.8 Å². The van der Waals surface area contributed by atoms with E-state index in [0.29, 0.717) is 30.7 Å². The molecule has 0 spiro atoms. The minimum atomic E-state index is -0.340. The molecule has 174 valence electrons. The number of benzene rings is 2. The van der Waals surface area contributed by atoms with Crippen LogP contribution < -0.4 is 10.1 Å². The molecule has 3 rings (SSSR count). The van der Waals surface area contributed by atoms with E-state index in [1.807, 2.05) is 0 Å². The summed E-state index contributed by atoms with van der Waals surface area (Å²) in [6, 6.07) is 10.2. The third-order valence-corrected chi connectivity index (χ3v) is 6.40. The maximum atomic E-state index is 13.0. The van der Waals surface area contributed by atoms with Crippen LogP contribution in [0.5, 0.6) is 5.75 Å². The van der Waals surface area contributed by atoms with Gasteiger partial charge in [-0.25, -0.2) is 4.39 Å². The summed E-state index contributed by atoms with van der Waals surface area (Å²) in [4.78, 5) is 14.7. The van der Waals surface area contributed by atoms with Gasteiger partial charge in [0.1, 0.15) is 11.6 Å². The lowest BCUT2D eigenvalue weighted by molar-refractivity contribution is 0.0569. The summed E-state index contributed by atoms with van der Waals surface area (Å²) < 4.78 is 19.0. The van der Waals surface area contributed by atoms with E-state index in [1.54, 1.807) is 0 Å². The molecule has 1 amide bonds. The number of nitrogens with one attached hydrogen (secondary N) is 1. The average Bonchev–Trinajstić information content (AvgIpc) is 2.76. The lowest BCUT2D eigenvalue weighted by atomic mass is 9.90. The van der Waals surface area contributed by atoms with Crippen LogP contribution in [0.15, 0.2) is 36.4 Å². The highest BCUT2D eigenvalue weighted by molar-refractivity contribution is 5.94. The Bertz CT molecular complexity index is 895. The molecule has 0 saturated carbocycles. The molecule has 2 aromatic rings. The molecule has 32 heavy (non-hydrogen) atoms. The largest absolute Gasteiger partial charge is 0.493 e. The Kier molecular flexibility index (Phi) is 8.65. The Morgan fingerprint density at radius 1 is 1.22 bits per heavy atom. The topological polar surface area (TPSA) is 61.8 Å². The van der Waals surface area contributed by atoms with E-state index < -0.39 is 0 Å². The van der Waals surface area contributed by atoms with Crippen LogP contribution in [0.25, 0.3) is 0 Å². The molecule has 0 bridgehead atoms. The van der Waals surface area contributed by atoms with E-state index in [0.717, 1.165) is 38.1 Å². The zero-order valence-electron chi connectivity index (χ0n) is 19.4. The van der Waals surface area contributed by atoms with E-state index in [2.05, 4.69) is 43.1 Å². The van der Waals surface area contributed by atoms with Crippen LogP contribution in [-0.2, 0) is 6.42 Å². The fraction of sp³-hybridized carbons (Fsp3) is 0.500. The number of hydrogen-bond acceptors (Lipinski definition) is 4. The number of aliphatic hydroxyl groups is 1. The Hall–Kier alpha value is -2.44. The van der Waals surface area contributed by atoms with E-state index in [9.17, 15) is 9.18 Å². The van der Waals surface area contributed by atoms with Gasteiger partial charge < -0.3 is 15.2 Å². The van der Waals surface area contributed by atoms with Gasteiger partial charge in [-0.15, -0.1) is 0 Å². The number of halogens is 1. The first-order chi connectivity index (χ1) is 15.4. The smallest absolute Gasteiger partial charge is 0.251 e. The number of hydrogen-bond donors (Lipinski definition) is 2. The normalized spacial score (nSPS) is 15.3. The van der Waals surface area contributed by atoms with Crippen molar-refractivity contribution in [1.29, 1.82) is 0 Å². The first-order valence-corrected chi connectivity index (χ1v) is 11.6. The van der Waals surface area contributed by atoms with Crippen molar-refractivity contribution in [2.45, 2.75) is 46.1 Å². The maximum Gasteiger partial charge on any atom is 0.251 e. The first-order valence-electron chi connectivity index (χ1n) is 11.6. The number of amides is 1. The van der Waals surface area contributed by atoms with Crippen molar-refractivity contribution in [3.8, 4) is 5.75 Å². The molecule has 0 radical (unpaired) electrons. The summed E-state index contributed by atoms with van der Waals surface area (Å²) in [6.45, 7) is 9.88. The van der Waals surface area contributed by atoms with Gasteiger partial charge >= 0.3 is 0 Å². The summed E-state index contributed by atoms with van der Waals surface area (Å²) in [5.74, 6) is 0.869. The number of carbonyl (C=O) groups is 1. The number of aliphatic hydroxyl groups excluding tert-OH is 1. The van der Waals surface area contributed by atoms with Crippen LogP contribution in [0.2, 0.25) is 0 Å². The van der Waals surface area contributed by atoms with Gasteiger partial charge in [-0.3, -0.25) is 9.69 Å². The highest BCUT2D eigenvalue weighted by atomic mass is 19.1. The van der Waals surface area contributed by atoms with Crippen molar-refractivity contribution in [3.05, 3.63) is 64.5 Å². The molecular weight excluding hydrogens is 407 g/mol. The van der Waals surface area contributed by atoms with E-state index in [-0.39, 0.29) is 18.3 Å². The lowest BCUT2D eigenvalue weighted by Gasteiger charge is -2.44. The second kappa shape index (κ2) is 11.4. The fourth-order valence-corrected chi connectivity index (χ4v) is 4.37. The van der Waals surface area contributed by atoms with Crippen LogP contribution in [0.1, 0.15) is 59.8 Å². The number of unbranched alkanes of at least 4 members (excludes halogenated alkanes) is 1. The van der Waals surface area contributed by atoms with Crippen LogP contribution in [0.3, 0.4) is 0 Å². The quantitative estimate of drug-likeness (QED) is 0.510. The van der Waals surface area contributed by atoms with Crippen LogP contribution >= 0.6 is 0 Å². The Balaban J connectivity index is 1.52. The number of likely N-dealkylation sites (tertiary alicyclic amines) is 1. The molecule has 1 atom stereocenters. The standard InChI is InChI=1S/C26H35FN2O3/c1-4-23-18(2)24(11-12-25(23)32-14-6-5-13-30)19(3)29-16-20(17-29)15-28-26(31)21-7-9-22(27)10-8-21/h7-12,19-20,30H,4-6,13-17H2,1-3H3,(H,28,31). The molecule has 1 unspecified atom stereocenters. The summed E-state index contributed by atoms with van der Waals surface area (Å²) in [5.41, 5.74) is 4.34. The molecule has 1 heterocycles. The van der Waals surface area contributed by atoms with Crippen molar-refractivity contribution in [1.82, 2.24) is 10.2 Å². The molecule has 1 saturated heterocycles. The third-order valence-electron chi connectivity index (χ3n) is 6.40. The Morgan fingerprint density at radius 3 is 2.59 bits per heavy atom.